The van der Waals surface area contributed by atoms with Gasteiger partial charge in [0.25, 0.3) is 0 Å². The van der Waals surface area contributed by atoms with Crippen molar-refractivity contribution in [3.8, 4) is 0 Å². The lowest BCUT2D eigenvalue weighted by Gasteiger charge is -2.02. The van der Waals surface area contributed by atoms with Crippen molar-refractivity contribution in [2.45, 2.75) is 19.9 Å². The van der Waals surface area contributed by atoms with Crippen LogP contribution < -0.4 is 5.73 Å². The molecule has 2 aromatic rings. The number of nitrogens with one attached hydrogen (secondary N) is 1. The molecule has 0 aliphatic carbocycles. The van der Waals surface area contributed by atoms with Gasteiger partial charge in [-0.2, -0.15) is 0 Å². The second-order valence-electron chi connectivity index (χ2n) is 4.01. The second-order valence-corrected chi connectivity index (χ2v) is 4.01. The lowest BCUT2D eigenvalue weighted by atomic mass is 10.1. The van der Waals surface area contributed by atoms with E-state index in [1.54, 1.807) is 6.07 Å². The molecule has 4 nitrogen and oxygen atoms in total. The average Bonchev–Trinajstić information content (AvgIpc) is 2.67. The molecule has 4 N–H and O–H groups in total. The van der Waals surface area contributed by atoms with Crippen molar-refractivity contribution < 1.29 is 9.90 Å². The van der Waals surface area contributed by atoms with Gasteiger partial charge in [-0.1, -0.05) is 12.1 Å². The zero-order chi connectivity index (χ0) is 11.9. The molecule has 16 heavy (non-hydrogen) atoms. The molecule has 0 amide bonds. The van der Waals surface area contributed by atoms with E-state index in [-0.39, 0.29) is 0 Å². The summed E-state index contributed by atoms with van der Waals surface area (Å²) in [6.07, 6.45) is 0. The number of carboxylic acid groups (broad SMARTS) is 1. The minimum atomic E-state index is -1.03. The monoisotopic (exact) mass is 218 g/mol. The summed E-state index contributed by atoms with van der Waals surface area (Å²) >= 11 is 0. The zero-order valence-electron chi connectivity index (χ0n) is 9.24. The van der Waals surface area contributed by atoms with Crippen LogP contribution in [0.4, 0.5) is 0 Å². The van der Waals surface area contributed by atoms with Gasteiger partial charge in [0.2, 0.25) is 0 Å². The molecule has 1 unspecified atom stereocenters. The van der Waals surface area contributed by atoms with E-state index in [4.69, 9.17) is 10.8 Å². The van der Waals surface area contributed by atoms with Crippen LogP contribution in [-0.4, -0.2) is 16.1 Å². The Labute approximate surface area is 93.1 Å². The first-order valence-electron chi connectivity index (χ1n) is 5.08. The molecule has 0 aliphatic rings. The van der Waals surface area contributed by atoms with Gasteiger partial charge in [-0.05, 0) is 31.0 Å². The molecular formula is C12H14N2O2. The topological polar surface area (TPSA) is 79.1 Å². The van der Waals surface area contributed by atoms with Gasteiger partial charge in [-0.3, -0.25) is 4.79 Å². The number of hydrogen-bond acceptors (Lipinski definition) is 2. The van der Waals surface area contributed by atoms with Crippen LogP contribution in [0, 0.1) is 13.8 Å². The smallest absolute Gasteiger partial charge is 0.326 e. The lowest BCUT2D eigenvalue weighted by molar-refractivity contribution is -0.138. The van der Waals surface area contributed by atoms with Gasteiger partial charge >= 0.3 is 5.97 Å². The van der Waals surface area contributed by atoms with Gasteiger partial charge < -0.3 is 15.8 Å². The minimum absolute atomic E-state index is 0.538. The summed E-state index contributed by atoms with van der Waals surface area (Å²) in [5, 5.41) is 9.83. The van der Waals surface area contributed by atoms with Crippen molar-refractivity contribution in [3.63, 3.8) is 0 Å². The van der Waals surface area contributed by atoms with Gasteiger partial charge in [-0.25, -0.2) is 0 Å². The van der Waals surface area contributed by atoms with E-state index in [1.165, 1.54) is 5.56 Å². The summed E-state index contributed by atoms with van der Waals surface area (Å²) in [7, 11) is 0. The molecule has 4 heteroatoms. The molecule has 84 valence electrons. The number of carbonyl (C=O) groups is 1. The van der Waals surface area contributed by atoms with E-state index in [0.717, 1.165) is 16.5 Å². The maximum Gasteiger partial charge on any atom is 0.326 e. The fourth-order valence-electron chi connectivity index (χ4n) is 1.77. The molecule has 0 saturated carbocycles. The number of aromatic nitrogens is 1. The summed E-state index contributed by atoms with van der Waals surface area (Å²) in [6.45, 7) is 4.02. The third-order valence-electron chi connectivity index (χ3n) is 2.95. The van der Waals surface area contributed by atoms with Gasteiger partial charge in [0.05, 0.1) is 0 Å². The molecule has 2 rings (SSSR count). The Morgan fingerprint density at radius 2 is 2.12 bits per heavy atom. The zero-order valence-corrected chi connectivity index (χ0v) is 9.24. The molecule has 1 atom stereocenters. The number of rotatable bonds is 2. The van der Waals surface area contributed by atoms with Crippen molar-refractivity contribution in [1.29, 1.82) is 0 Å². The molecule has 0 fully saturated rings. The van der Waals surface area contributed by atoms with Crippen molar-refractivity contribution >= 4 is 16.9 Å². The fraction of sp³-hybridized carbons (Fsp3) is 0.250. The molecule has 1 aromatic heterocycles. The van der Waals surface area contributed by atoms with Crippen LogP contribution in [0.1, 0.15) is 22.9 Å². The van der Waals surface area contributed by atoms with E-state index in [0.29, 0.717) is 5.69 Å². The van der Waals surface area contributed by atoms with Gasteiger partial charge in [-0.15, -0.1) is 0 Å². The highest BCUT2D eigenvalue weighted by Gasteiger charge is 2.17. The van der Waals surface area contributed by atoms with Gasteiger partial charge in [0.1, 0.15) is 6.04 Å². The molecule has 0 saturated heterocycles. The summed E-state index contributed by atoms with van der Waals surface area (Å²) < 4.78 is 0. The number of aryl methyl sites for hydroxylation is 2. The Morgan fingerprint density at radius 3 is 2.75 bits per heavy atom. The van der Waals surface area contributed by atoms with Crippen molar-refractivity contribution in [2.75, 3.05) is 0 Å². The molecule has 0 radical (unpaired) electrons. The molecular weight excluding hydrogens is 204 g/mol. The predicted molar refractivity (Wildman–Crippen MR) is 62.3 cm³/mol. The van der Waals surface area contributed by atoms with E-state index in [2.05, 4.69) is 4.98 Å². The Bertz CT molecular complexity index is 557. The standard InChI is InChI=1S/C12H14N2O2/c1-6-3-4-8-5-9(10(13)12(15)16)14-11(8)7(6)2/h3-5,10,14H,13H2,1-2H3,(H,15,16). The van der Waals surface area contributed by atoms with Gasteiger partial charge in [0.15, 0.2) is 0 Å². The predicted octanol–water partition coefficient (Wildman–Crippen LogP) is 1.87. The van der Waals surface area contributed by atoms with Crippen molar-refractivity contribution in [3.05, 3.63) is 35.0 Å². The first-order valence-corrected chi connectivity index (χ1v) is 5.08. The Morgan fingerprint density at radius 1 is 1.44 bits per heavy atom. The first kappa shape index (κ1) is 10.7. The number of hydrogen-bond donors (Lipinski definition) is 3. The van der Waals surface area contributed by atoms with Gasteiger partial charge in [0, 0.05) is 16.6 Å². The van der Waals surface area contributed by atoms with E-state index >= 15 is 0 Å². The first-order chi connectivity index (χ1) is 7.50. The largest absolute Gasteiger partial charge is 0.480 e. The number of fused-ring (bicyclic) bond motifs is 1. The minimum Gasteiger partial charge on any atom is -0.480 e. The Kier molecular flexibility index (Phi) is 2.44. The van der Waals surface area contributed by atoms with Crippen LogP contribution in [0.25, 0.3) is 10.9 Å². The summed E-state index contributed by atoms with van der Waals surface area (Å²) in [4.78, 5) is 13.9. The maximum atomic E-state index is 10.8. The normalized spacial score (nSPS) is 12.9. The SMILES string of the molecule is Cc1ccc2cc(C(N)C(=O)O)[nH]c2c1C. The lowest BCUT2D eigenvalue weighted by Crippen LogP contribution is -2.20. The number of aromatic amines is 1. The highest BCUT2D eigenvalue weighted by atomic mass is 16.4. The van der Waals surface area contributed by atoms with Crippen LogP contribution in [0.5, 0.6) is 0 Å². The van der Waals surface area contributed by atoms with Crippen LogP contribution in [0.15, 0.2) is 18.2 Å². The summed E-state index contributed by atoms with van der Waals surface area (Å²) in [5.41, 5.74) is 9.36. The Hall–Kier alpha value is -1.81. The summed E-state index contributed by atoms with van der Waals surface area (Å²) in [6, 6.07) is 4.78. The third-order valence-corrected chi connectivity index (χ3v) is 2.95. The molecule has 0 bridgehead atoms. The third kappa shape index (κ3) is 1.57. The molecule has 1 heterocycles. The summed E-state index contributed by atoms with van der Waals surface area (Å²) in [5.74, 6) is -1.03. The second kappa shape index (κ2) is 3.64. The Balaban J connectivity index is 2.60. The van der Waals surface area contributed by atoms with Crippen molar-refractivity contribution in [1.82, 2.24) is 4.98 Å². The maximum absolute atomic E-state index is 10.8. The fourth-order valence-corrected chi connectivity index (χ4v) is 1.77. The number of nitrogens with two attached hydrogens (primary N) is 1. The molecule has 0 aliphatic heterocycles. The highest BCUT2D eigenvalue weighted by molar-refractivity contribution is 5.86. The van der Waals surface area contributed by atoms with Crippen LogP contribution in [-0.2, 0) is 4.79 Å². The number of aliphatic carboxylic acids is 1. The van der Waals surface area contributed by atoms with Crippen molar-refractivity contribution in [2.24, 2.45) is 5.73 Å². The van der Waals surface area contributed by atoms with Crippen LogP contribution in [0.3, 0.4) is 0 Å². The van der Waals surface area contributed by atoms with E-state index < -0.39 is 12.0 Å². The van der Waals surface area contributed by atoms with E-state index in [1.807, 2.05) is 26.0 Å². The highest BCUT2D eigenvalue weighted by Crippen LogP contribution is 2.24. The molecule has 0 spiro atoms. The quantitative estimate of drug-likeness (QED) is 0.720. The number of H-pyrrole nitrogens is 1. The van der Waals surface area contributed by atoms with E-state index in [9.17, 15) is 4.79 Å². The number of benzene rings is 1. The number of carboxylic acids is 1. The molecule has 1 aromatic carbocycles. The average molecular weight is 218 g/mol. The van der Waals surface area contributed by atoms with Crippen LogP contribution in [0.2, 0.25) is 0 Å². The van der Waals surface area contributed by atoms with Crippen LogP contribution >= 0.6 is 0 Å².